The average molecular weight is 258 g/mol. The van der Waals surface area contributed by atoms with Crippen molar-refractivity contribution in [1.82, 2.24) is 0 Å². The highest BCUT2D eigenvalue weighted by molar-refractivity contribution is 4.95. The molecule has 0 spiro atoms. The molecular weight excluding hydrogens is 236 g/mol. The van der Waals surface area contributed by atoms with E-state index in [-0.39, 0.29) is 30.5 Å². The Bertz CT molecular complexity index is 340. The number of hydrogen-bond donors (Lipinski definition) is 0. The first kappa shape index (κ1) is 12.8. The molecule has 5 heteroatoms. The zero-order valence-corrected chi connectivity index (χ0v) is 11.6. The zero-order valence-electron chi connectivity index (χ0n) is 11.6. The molecule has 5 nitrogen and oxygen atoms in total. The number of fused-ring (bicyclic) bond motifs is 1. The third kappa shape index (κ3) is 2.08. The van der Waals surface area contributed by atoms with Gasteiger partial charge in [-0.25, -0.2) is 0 Å². The second kappa shape index (κ2) is 3.90. The van der Waals surface area contributed by atoms with Crippen molar-refractivity contribution in [2.24, 2.45) is 5.92 Å². The van der Waals surface area contributed by atoms with Gasteiger partial charge >= 0.3 is 0 Å². The van der Waals surface area contributed by atoms with Crippen LogP contribution in [-0.2, 0) is 23.7 Å². The molecule has 0 radical (unpaired) electrons. The lowest BCUT2D eigenvalue weighted by atomic mass is 9.97. The highest BCUT2D eigenvalue weighted by atomic mass is 16.8. The second-order valence-corrected chi connectivity index (χ2v) is 6.30. The summed E-state index contributed by atoms with van der Waals surface area (Å²) in [4.78, 5) is 0. The van der Waals surface area contributed by atoms with E-state index in [0.29, 0.717) is 6.61 Å². The van der Waals surface area contributed by atoms with Crippen molar-refractivity contribution in [3.05, 3.63) is 0 Å². The molecule has 3 heterocycles. The Hall–Kier alpha value is -0.200. The maximum atomic E-state index is 5.96. The maximum absolute atomic E-state index is 5.96. The molecule has 5 atom stereocenters. The summed E-state index contributed by atoms with van der Waals surface area (Å²) in [5.41, 5.74) is 0. The highest BCUT2D eigenvalue weighted by Gasteiger charge is 2.56. The van der Waals surface area contributed by atoms with Gasteiger partial charge in [0.05, 0.1) is 12.7 Å². The SMILES string of the molecule is C[C@H]1C2OC(C)(C)OC2O[C@H]1C1COC(C)(C)O1. The molecule has 0 bridgehead atoms. The Kier molecular flexibility index (Phi) is 2.78. The van der Waals surface area contributed by atoms with Crippen LogP contribution in [0.1, 0.15) is 34.6 Å². The van der Waals surface area contributed by atoms with Crippen molar-refractivity contribution < 1.29 is 23.7 Å². The van der Waals surface area contributed by atoms with Crippen LogP contribution in [0.4, 0.5) is 0 Å². The molecule has 3 fully saturated rings. The van der Waals surface area contributed by atoms with Crippen molar-refractivity contribution in [3.63, 3.8) is 0 Å². The van der Waals surface area contributed by atoms with Gasteiger partial charge in [0.15, 0.2) is 17.9 Å². The summed E-state index contributed by atoms with van der Waals surface area (Å²) in [6.07, 6.45) is -0.376. The van der Waals surface area contributed by atoms with Gasteiger partial charge in [0.2, 0.25) is 0 Å². The van der Waals surface area contributed by atoms with Crippen LogP contribution in [-0.4, -0.2) is 42.8 Å². The number of ether oxygens (including phenoxy) is 5. The fourth-order valence-electron chi connectivity index (χ4n) is 2.99. The Morgan fingerprint density at radius 2 is 1.61 bits per heavy atom. The first-order chi connectivity index (χ1) is 8.27. The van der Waals surface area contributed by atoms with Crippen molar-refractivity contribution in [1.29, 1.82) is 0 Å². The molecule has 3 saturated heterocycles. The Morgan fingerprint density at radius 3 is 2.17 bits per heavy atom. The molecule has 0 aromatic carbocycles. The normalized spacial score (nSPS) is 49.5. The number of rotatable bonds is 1. The van der Waals surface area contributed by atoms with E-state index in [9.17, 15) is 0 Å². The van der Waals surface area contributed by atoms with Crippen LogP contribution in [0.15, 0.2) is 0 Å². The van der Waals surface area contributed by atoms with Crippen molar-refractivity contribution in [3.8, 4) is 0 Å². The molecule has 0 aromatic heterocycles. The average Bonchev–Trinajstić information content (AvgIpc) is 2.81. The summed E-state index contributed by atoms with van der Waals surface area (Å²) in [5.74, 6) is -0.841. The fourth-order valence-corrected chi connectivity index (χ4v) is 2.99. The lowest BCUT2D eigenvalue weighted by Gasteiger charge is -2.27. The van der Waals surface area contributed by atoms with Gasteiger partial charge in [-0.15, -0.1) is 0 Å². The smallest absolute Gasteiger partial charge is 0.187 e. The molecule has 0 aliphatic carbocycles. The Labute approximate surface area is 108 Å². The summed E-state index contributed by atoms with van der Waals surface area (Å²) in [7, 11) is 0. The minimum Gasteiger partial charge on any atom is -0.348 e. The summed E-state index contributed by atoms with van der Waals surface area (Å²) in [6.45, 7) is 10.3. The summed E-state index contributed by atoms with van der Waals surface area (Å²) in [6, 6.07) is 0. The van der Waals surface area contributed by atoms with E-state index >= 15 is 0 Å². The van der Waals surface area contributed by atoms with E-state index in [1.54, 1.807) is 0 Å². The molecule has 3 unspecified atom stereocenters. The van der Waals surface area contributed by atoms with Gasteiger partial charge in [0.25, 0.3) is 0 Å². The van der Waals surface area contributed by atoms with Gasteiger partial charge in [-0.05, 0) is 27.7 Å². The predicted octanol–water partition coefficient (Wildman–Crippen LogP) is 1.65. The van der Waals surface area contributed by atoms with Gasteiger partial charge in [-0.1, -0.05) is 6.92 Å². The second-order valence-electron chi connectivity index (χ2n) is 6.30. The first-order valence-corrected chi connectivity index (χ1v) is 6.60. The number of hydrogen-bond acceptors (Lipinski definition) is 5. The van der Waals surface area contributed by atoms with Crippen molar-refractivity contribution in [2.45, 2.75) is 70.8 Å². The molecule has 0 N–H and O–H groups in total. The molecule has 3 aliphatic rings. The predicted molar refractivity (Wildman–Crippen MR) is 62.8 cm³/mol. The van der Waals surface area contributed by atoms with Gasteiger partial charge in [-0.2, -0.15) is 0 Å². The van der Waals surface area contributed by atoms with Crippen LogP contribution in [0.5, 0.6) is 0 Å². The third-order valence-electron chi connectivity index (χ3n) is 3.81. The largest absolute Gasteiger partial charge is 0.348 e. The quantitative estimate of drug-likeness (QED) is 0.715. The van der Waals surface area contributed by atoms with Crippen LogP contribution in [0.3, 0.4) is 0 Å². The molecule has 3 aliphatic heterocycles. The van der Waals surface area contributed by atoms with Crippen LogP contribution in [0.25, 0.3) is 0 Å². The zero-order chi connectivity index (χ0) is 13.1. The minimum absolute atomic E-state index is 0.0164. The van der Waals surface area contributed by atoms with Crippen molar-refractivity contribution in [2.75, 3.05) is 6.61 Å². The van der Waals surface area contributed by atoms with Crippen molar-refractivity contribution >= 4 is 0 Å². The van der Waals surface area contributed by atoms with Gasteiger partial charge in [0, 0.05) is 5.92 Å². The van der Waals surface area contributed by atoms with E-state index in [1.807, 2.05) is 27.7 Å². The van der Waals surface area contributed by atoms with Crippen LogP contribution in [0.2, 0.25) is 0 Å². The first-order valence-electron chi connectivity index (χ1n) is 6.60. The summed E-state index contributed by atoms with van der Waals surface area (Å²) >= 11 is 0. The van der Waals surface area contributed by atoms with Gasteiger partial charge in [-0.3, -0.25) is 0 Å². The topological polar surface area (TPSA) is 46.2 Å². The molecule has 18 heavy (non-hydrogen) atoms. The third-order valence-corrected chi connectivity index (χ3v) is 3.81. The molecule has 3 rings (SSSR count). The monoisotopic (exact) mass is 258 g/mol. The Balaban J connectivity index is 1.68. The highest BCUT2D eigenvalue weighted by Crippen LogP contribution is 2.43. The summed E-state index contributed by atoms with van der Waals surface area (Å²) in [5, 5.41) is 0. The molecule has 0 aromatic rings. The van der Waals surface area contributed by atoms with Crippen LogP contribution >= 0.6 is 0 Å². The Morgan fingerprint density at radius 1 is 0.889 bits per heavy atom. The van der Waals surface area contributed by atoms with E-state index in [0.717, 1.165) is 0 Å². The fraction of sp³-hybridized carbons (Fsp3) is 1.00. The van der Waals surface area contributed by atoms with Crippen LogP contribution in [0, 0.1) is 5.92 Å². The molecule has 104 valence electrons. The molecular formula is C13H22O5. The van der Waals surface area contributed by atoms with Gasteiger partial charge in [0.1, 0.15) is 12.2 Å². The molecule has 0 amide bonds. The van der Waals surface area contributed by atoms with E-state index in [4.69, 9.17) is 23.7 Å². The maximum Gasteiger partial charge on any atom is 0.187 e. The van der Waals surface area contributed by atoms with E-state index in [2.05, 4.69) is 6.92 Å². The molecule has 0 saturated carbocycles. The van der Waals surface area contributed by atoms with Gasteiger partial charge < -0.3 is 23.7 Å². The summed E-state index contributed by atoms with van der Waals surface area (Å²) < 4.78 is 29.0. The standard InChI is InChI=1S/C13H22O5/c1-7-9(8-6-14-12(2,3)16-8)15-11-10(7)17-13(4,5)18-11/h7-11H,6H2,1-5H3/t7-,8?,9-,10?,11?/m1/s1. The minimum atomic E-state index is -0.555. The van der Waals surface area contributed by atoms with E-state index in [1.165, 1.54) is 0 Å². The lowest BCUT2D eigenvalue weighted by Crippen LogP contribution is -2.37. The van der Waals surface area contributed by atoms with E-state index < -0.39 is 11.6 Å². The van der Waals surface area contributed by atoms with Crippen LogP contribution < -0.4 is 0 Å². The lowest BCUT2D eigenvalue weighted by molar-refractivity contribution is -0.226.